The number of hydrogen-bond donors (Lipinski definition) is 2. The number of carboxylic acid groups (broad SMARTS) is 1. The molecule has 3 rings (SSSR count). The van der Waals surface area contributed by atoms with Crippen molar-refractivity contribution >= 4 is 23.8 Å². The molecule has 1 heterocycles. The third-order valence-electron chi connectivity index (χ3n) is 6.36. The maximum absolute atomic E-state index is 13.4. The number of aliphatic carboxylic acids is 1. The molecule has 1 fully saturated rings. The zero-order chi connectivity index (χ0) is 28.5. The number of nitrogens with one attached hydrogen (secondary N) is 1. The topological polar surface area (TPSA) is 123 Å². The van der Waals surface area contributed by atoms with Gasteiger partial charge in [-0.1, -0.05) is 42.5 Å². The first-order chi connectivity index (χ1) is 18.6. The number of amides is 4. The zero-order valence-corrected chi connectivity index (χ0v) is 22.2. The van der Waals surface area contributed by atoms with E-state index in [1.54, 1.807) is 26.1 Å². The number of hydrazine groups is 1. The van der Waals surface area contributed by atoms with Gasteiger partial charge in [-0.15, -0.1) is 0 Å². The fourth-order valence-corrected chi connectivity index (χ4v) is 4.43. The number of halogens is 1. The molecule has 11 nitrogen and oxygen atoms in total. The summed E-state index contributed by atoms with van der Waals surface area (Å²) in [5, 5.41) is 15.1. The number of rotatable bonds is 11. The van der Waals surface area contributed by atoms with Crippen molar-refractivity contribution in [2.45, 2.75) is 38.7 Å². The van der Waals surface area contributed by atoms with Crippen molar-refractivity contribution in [2.75, 3.05) is 33.8 Å². The van der Waals surface area contributed by atoms with Gasteiger partial charge in [-0.3, -0.25) is 14.4 Å². The van der Waals surface area contributed by atoms with E-state index in [4.69, 9.17) is 4.74 Å². The number of carboxylic acids is 1. The second kappa shape index (κ2) is 13.7. The summed E-state index contributed by atoms with van der Waals surface area (Å²) in [6.45, 7) is 1.97. The molecule has 2 aromatic rings. The molecule has 210 valence electrons. The Morgan fingerprint density at radius 2 is 1.85 bits per heavy atom. The van der Waals surface area contributed by atoms with E-state index in [0.29, 0.717) is 5.56 Å². The first-order valence-electron chi connectivity index (χ1n) is 12.5. The van der Waals surface area contributed by atoms with E-state index < -0.39 is 42.4 Å². The van der Waals surface area contributed by atoms with Gasteiger partial charge >= 0.3 is 12.0 Å². The molecule has 2 atom stereocenters. The van der Waals surface area contributed by atoms with E-state index in [-0.39, 0.29) is 38.7 Å². The van der Waals surface area contributed by atoms with Crippen LogP contribution in [0.3, 0.4) is 0 Å². The van der Waals surface area contributed by atoms with E-state index in [0.717, 1.165) is 10.5 Å². The van der Waals surface area contributed by atoms with Crippen molar-refractivity contribution in [3.05, 3.63) is 71.5 Å². The normalized spacial score (nSPS) is 16.6. The first-order valence-corrected chi connectivity index (χ1v) is 12.5. The van der Waals surface area contributed by atoms with Crippen LogP contribution >= 0.6 is 0 Å². The van der Waals surface area contributed by atoms with Crippen molar-refractivity contribution in [2.24, 2.45) is 0 Å². The van der Waals surface area contributed by atoms with Gasteiger partial charge in [0.25, 0.3) is 0 Å². The van der Waals surface area contributed by atoms with Gasteiger partial charge in [0, 0.05) is 27.2 Å². The average Bonchev–Trinajstić information content (AvgIpc) is 2.89. The Hall–Kier alpha value is -4.03. The fourth-order valence-electron chi connectivity index (χ4n) is 4.43. The number of hydrogen-bond acceptors (Lipinski definition) is 6. The lowest BCUT2D eigenvalue weighted by Gasteiger charge is -2.48. The molecule has 2 N–H and O–H groups in total. The number of urea groups is 1. The number of likely N-dealkylation sites (N-methyl/N-ethyl adjacent to an activating group) is 2. The smallest absolute Gasteiger partial charge is 0.334 e. The molecule has 1 aliphatic heterocycles. The van der Waals surface area contributed by atoms with Crippen molar-refractivity contribution in [3.63, 3.8) is 0 Å². The van der Waals surface area contributed by atoms with E-state index in [1.807, 2.05) is 30.3 Å². The standard InChI is InChI=1S/C27H34FN5O6/c1-19-32(24(34)17-31(3)33(19)27(38)29-16-20-8-5-4-6-9-20)23(15-25(35)36)26(37)30(2)12-13-39-18-21-10-7-11-22(28)14-21/h4-11,14,19,23H,12-13,15-18H2,1-3H3,(H,29,38)(H,35,36)/t19-,23-/m0/s1. The molecule has 2 aromatic carbocycles. The van der Waals surface area contributed by atoms with Crippen LogP contribution in [0.25, 0.3) is 0 Å². The van der Waals surface area contributed by atoms with Gasteiger partial charge in [0.05, 0.1) is 26.2 Å². The van der Waals surface area contributed by atoms with Crippen LogP contribution in [-0.4, -0.2) is 94.7 Å². The average molecular weight is 544 g/mol. The summed E-state index contributed by atoms with van der Waals surface area (Å²) in [5.74, 6) is -2.72. The van der Waals surface area contributed by atoms with Crippen molar-refractivity contribution < 1.29 is 33.4 Å². The van der Waals surface area contributed by atoms with E-state index in [9.17, 15) is 28.7 Å². The summed E-state index contributed by atoms with van der Waals surface area (Å²) in [6, 6.07) is 13.4. The molecule has 0 saturated carbocycles. The quantitative estimate of drug-likeness (QED) is 0.415. The van der Waals surface area contributed by atoms with Gasteiger partial charge in [0.2, 0.25) is 11.8 Å². The summed E-state index contributed by atoms with van der Waals surface area (Å²) in [6.07, 6.45) is -1.56. The zero-order valence-electron chi connectivity index (χ0n) is 22.2. The van der Waals surface area contributed by atoms with Crippen LogP contribution in [0.2, 0.25) is 0 Å². The lowest BCUT2D eigenvalue weighted by Crippen LogP contribution is -2.69. The Kier molecular flexibility index (Phi) is 10.4. The Morgan fingerprint density at radius 3 is 2.51 bits per heavy atom. The highest BCUT2D eigenvalue weighted by molar-refractivity contribution is 5.92. The van der Waals surface area contributed by atoms with Crippen LogP contribution in [-0.2, 0) is 32.3 Å². The van der Waals surface area contributed by atoms with Gasteiger partial charge in [-0.25, -0.2) is 19.2 Å². The molecule has 0 spiro atoms. The highest BCUT2D eigenvalue weighted by Crippen LogP contribution is 2.22. The van der Waals surface area contributed by atoms with Gasteiger partial charge in [0.15, 0.2) is 0 Å². The van der Waals surface area contributed by atoms with Gasteiger partial charge in [-0.05, 0) is 30.2 Å². The largest absolute Gasteiger partial charge is 0.481 e. The molecular formula is C27H34FN5O6. The molecule has 39 heavy (non-hydrogen) atoms. The monoisotopic (exact) mass is 543 g/mol. The molecule has 12 heteroatoms. The van der Waals surface area contributed by atoms with Crippen LogP contribution < -0.4 is 5.32 Å². The summed E-state index contributed by atoms with van der Waals surface area (Å²) < 4.78 is 18.9. The molecule has 0 aliphatic carbocycles. The number of benzene rings is 2. The van der Waals surface area contributed by atoms with Crippen LogP contribution in [0.4, 0.5) is 9.18 Å². The third-order valence-corrected chi connectivity index (χ3v) is 6.36. The first kappa shape index (κ1) is 29.5. The Labute approximate surface area is 226 Å². The number of carbonyl (C=O) groups excluding carboxylic acids is 3. The molecule has 0 aromatic heterocycles. The predicted molar refractivity (Wildman–Crippen MR) is 139 cm³/mol. The Bertz CT molecular complexity index is 1170. The SMILES string of the molecule is C[C@H]1N([C@@H](CC(=O)O)C(=O)N(C)CCOCc2cccc(F)c2)C(=O)CN(C)N1C(=O)NCc1ccccc1. The van der Waals surface area contributed by atoms with E-state index >= 15 is 0 Å². The van der Waals surface area contributed by atoms with Crippen molar-refractivity contribution in [3.8, 4) is 0 Å². The van der Waals surface area contributed by atoms with Crippen LogP contribution in [0.5, 0.6) is 0 Å². The second-order valence-electron chi connectivity index (χ2n) is 9.29. The van der Waals surface area contributed by atoms with Crippen LogP contribution in [0.1, 0.15) is 24.5 Å². The van der Waals surface area contributed by atoms with Crippen LogP contribution in [0, 0.1) is 5.82 Å². The van der Waals surface area contributed by atoms with Gasteiger partial charge in [-0.2, -0.15) is 0 Å². The number of ether oxygens (including phenoxy) is 1. The summed E-state index contributed by atoms with van der Waals surface area (Å²) in [5.41, 5.74) is 1.52. The predicted octanol–water partition coefficient (Wildman–Crippen LogP) is 1.89. The molecule has 0 unspecified atom stereocenters. The number of carbonyl (C=O) groups is 4. The third kappa shape index (κ3) is 7.98. The van der Waals surface area contributed by atoms with Gasteiger partial charge in [0.1, 0.15) is 18.0 Å². The van der Waals surface area contributed by atoms with Crippen molar-refractivity contribution in [1.29, 1.82) is 0 Å². The van der Waals surface area contributed by atoms with E-state index in [1.165, 1.54) is 34.1 Å². The summed E-state index contributed by atoms with van der Waals surface area (Å²) in [7, 11) is 3.06. The minimum absolute atomic E-state index is 0.110. The second-order valence-corrected chi connectivity index (χ2v) is 9.29. The summed E-state index contributed by atoms with van der Waals surface area (Å²) >= 11 is 0. The fraction of sp³-hybridized carbons (Fsp3) is 0.407. The van der Waals surface area contributed by atoms with Gasteiger partial charge < -0.3 is 25.0 Å². The maximum Gasteiger partial charge on any atom is 0.334 e. The van der Waals surface area contributed by atoms with E-state index in [2.05, 4.69) is 5.32 Å². The van der Waals surface area contributed by atoms with Crippen molar-refractivity contribution in [1.82, 2.24) is 25.1 Å². The molecule has 1 aliphatic rings. The number of nitrogens with zero attached hydrogens (tertiary/aromatic N) is 4. The Morgan fingerprint density at radius 1 is 1.15 bits per heavy atom. The molecule has 4 amide bonds. The van der Waals surface area contributed by atoms with Crippen LogP contribution in [0.15, 0.2) is 54.6 Å². The lowest BCUT2D eigenvalue weighted by molar-refractivity contribution is -0.173. The minimum Gasteiger partial charge on any atom is -0.481 e. The highest BCUT2D eigenvalue weighted by atomic mass is 19.1. The Balaban J connectivity index is 1.67. The lowest BCUT2D eigenvalue weighted by atomic mass is 10.1. The molecule has 0 bridgehead atoms. The maximum atomic E-state index is 13.4. The highest BCUT2D eigenvalue weighted by Gasteiger charge is 2.44. The summed E-state index contributed by atoms with van der Waals surface area (Å²) in [4.78, 5) is 53.7. The molecule has 0 radical (unpaired) electrons. The minimum atomic E-state index is -1.34. The molecular weight excluding hydrogens is 509 g/mol. The molecule has 1 saturated heterocycles.